The largest absolute Gasteiger partial charge is 0.317 e. The molecule has 1 saturated heterocycles. The summed E-state index contributed by atoms with van der Waals surface area (Å²) in [6.07, 6.45) is 2.54. The minimum Gasteiger partial charge on any atom is -0.317 e. The van der Waals surface area contributed by atoms with Gasteiger partial charge in [-0.1, -0.05) is 28.1 Å². The van der Waals surface area contributed by atoms with E-state index in [-0.39, 0.29) is 0 Å². The number of rotatable bonds is 3. The molecule has 1 unspecified atom stereocenters. The minimum atomic E-state index is -0.420. The van der Waals surface area contributed by atoms with Crippen LogP contribution in [0.3, 0.4) is 0 Å². The van der Waals surface area contributed by atoms with E-state index in [1.54, 1.807) is 0 Å². The van der Waals surface area contributed by atoms with E-state index in [1.807, 2.05) is 29.3 Å². The van der Waals surface area contributed by atoms with Crippen LogP contribution in [0, 0.1) is 0 Å². The number of carbonyl (C=O) groups is 1. The Morgan fingerprint density at radius 3 is 2.60 bits per heavy atom. The third kappa shape index (κ3) is 2.77. The quantitative estimate of drug-likeness (QED) is 0.817. The first-order valence-electron chi connectivity index (χ1n) is 6.82. The zero-order valence-corrected chi connectivity index (χ0v) is 12.6. The van der Waals surface area contributed by atoms with Crippen LogP contribution in [-0.2, 0) is 4.79 Å². The van der Waals surface area contributed by atoms with E-state index < -0.39 is 6.17 Å². The lowest BCUT2D eigenvalue weighted by Gasteiger charge is -2.32. The van der Waals surface area contributed by atoms with Gasteiger partial charge in [0.05, 0.1) is 0 Å². The summed E-state index contributed by atoms with van der Waals surface area (Å²) in [6.45, 7) is 1.98. The van der Waals surface area contributed by atoms with Crippen LogP contribution < -0.4 is 10.7 Å². The van der Waals surface area contributed by atoms with Crippen LogP contribution in [0.2, 0.25) is 0 Å². The van der Waals surface area contributed by atoms with E-state index in [0.29, 0.717) is 6.04 Å². The lowest BCUT2D eigenvalue weighted by atomic mass is 10.1. The molecule has 6 heteroatoms. The van der Waals surface area contributed by atoms with Gasteiger partial charge in [-0.3, -0.25) is 4.79 Å². The van der Waals surface area contributed by atoms with E-state index >= 15 is 0 Å². The number of aliphatic imine (C=N–C) groups is 1. The topological polar surface area (TPSA) is 56.7 Å². The number of nitrogens with one attached hydrogen (secondary N) is 2. The standard InChI is InChI=1S/C14H17BrN4O/c15-11-3-1-10(2-4-11)14-17-13(9-20)19(18-14)12-5-7-16-8-6-12/h1-4,9,12-13,16H,5-8H2,(H,17,18). The van der Waals surface area contributed by atoms with Gasteiger partial charge in [-0.2, -0.15) is 5.01 Å². The highest BCUT2D eigenvalue weighted by atomic mass is 79.9. The molecule has 0 amide bonds. The summed E-state index contributed by atoms with van der Waals surface area (Å²) in [5.74, 6) is 0.771. The van der Waals surface area contributed by atoms with Crippen LogP contribution in [0.4, 0.5) is 0 Å². The number of aldehydes is 1. The molecule has 0 bridgehead atoms. The molecule has 20 heavy (non-hydrogen) atoms. The molecule has 0 saturated carbocycles. The summed E-state index contributed by atoms with van der Waals surface area (Å²) < 4.78 is 1.03. The molecule has 1 fully saturated rings. The Kier molecular flexibility index (Phi) is 4.14. The van der Waals surface area contributed by atoms with Crippen LogP contribution in [0.5, 0.6) is 0 Å². The van der Waals surface area contributed by atoms with Gasteiger partial charge >= 0.3 is 0 Å². The number of hydrogen-bond acceptors (Lipinski definition) is 5. The van der Waals surface area contributed by atoms with E-state index in [1.165, 1.54) is 0 Å². The molecule has 106 valence electrons. The van der Waals surface area contributed by atoms with E-state index in [4.69, 9.17) is 0 Å². The molecule has 1 atom stereocenters. The Labute approximate surface area is 126 Å². The molecular formula is C14H17BrN4O. The van der Waals surface area contributed by atoms with Crippen molar-refractivity contribution in [1.82, 2.24) is 15.8 Å². The first kappa shape index (κ1) is 13.7. The lowest BCUT2D eigenvalue weighted by Crippen LogP contribution is -2.52. The number of hydrogen-bond donors (Lipinski definition) is 2. The van der Waals surface area contributed by atoms with Crippen LogP contribution in [0.1, 0.15) is 18.4 Å². The molecule has 2 N–H and O–H groups in total. The Morgan fingerprint density at radius 1 is 1.25 bits per heavy atom. The van der Waals surface area contributed by atoms with Crippen LogP contribution >= 0.6 is 15.9 Å². The van der Waals surface area contributed by atoms with E-state index in [9.17, 15) is 4.79 Å². The molecule has 1 aromatic rings. The molecule has 1 aromatic carbocycles. The van der Waals surface area contributed by atoms with Gasteiger partial charge < -0.3 is 10.7 Å². The fraction of sp³-hybridized carbons (Fsp3) is 0.429. The van der Waals surface area contributed by atoms with Crippen molar-refractivity contribution in [2.75, 3.05) is 13.1 Å². The molecule has 0 radical (unpaired) electrons. The Morgan fingerprint density at radius 2 is 1.95 bits per heavy atom. The third-order valence-electron chi connectivity index (χ3n) is 3.72. The number of hydrazine groups is 1. The normalized spacial score (nSPS) is 24.2. The Hall–Kier alpha value is -1.24. The summed E-state index contributed by atoms with van der Waals surface area (Å²) in [6, 6.07) is 8.28. The highest BCUT2D eigenvalue weighted by Gasteiger charge is 2.32. The summed E-state index contributed by atoms with van der Waals surface area (Å²) in [5, 5.41) is 5.33. The monoisotopic (exact) mass is 336 g/mol. The van der Waals surface area contributed by atoms with Gasteiger partial charge in [-0.25, -0.2) is 4.99 Å². The molecule has 2 heterocycles. The second kappa shape index (κ2) is 6.03. The zero-order chi connectivity index (χ0) is 13.9. The van der Waals surface area contributed by atoms with Crippen molar-refractivity contribution in [1.29, 1.82) is 0 Å². The highest BCUT2D eigenvalue weighted by Crippen LogP contribution is 2.19. The first-order chi connectivity index (χ1) is 9.78. The van der Waals surface area contributed by atoms with Gasteiger partial charge in [0, 0.05) is 16.1 Å². The van der Waals surface area contributed by atoms with Crippen molar-refractivity contribution in [3.63, 3.8) is 0 Å². The second-order valence-corrected chi connectivity index (χ2v) is 5.95. The summed E-state index contributed by atoms with van der Waals surface area (Å²) in [4.78, 5) is 15.8. The average Bonchev–Trinajstić information content (AvgIpc) is 2.93. The van der Waals surface area contributed by atoms with E-state index in [0.717, 1.165) is 48.1 Å². The number of halogens is 1. The number of carbonyl (C=O) groups excluding carboxylic acids is 1. The van der Waals surface area contributed by atoms with E-state index in [2.05, 4.69) is 31.7 Å². The maximum absolute atomic E-state index is 11.3. The predicted molar refractivity (Wildman–Crippen MR) is 81.4 cm³/mol. The zero-order valence-electron chi connectivity index (χ0n) is 11.1. The van der Waals surface area contributed by atoms with Crippen LogP contribution in [0.15, 0.2) is 33.7 Å². The maximum Gasteiger partial charge on any atom is 0.177 e. The van der Waals surface area contributed by atoms with Gasteiger partial charge in [-0.05, 0) is 38.1 Å². The van der Waals surface area contributed by atoms with Gasteiger partial charge in [0.2, 0.25) is 0 Å². The fourth-order valence-electron chi connectivity index (χ4n) is 2.65. The predicted octanol–water partition coefficient (Wildman–Crippen LogP) is 1.29. The number of amidine groups is 1. The smallest absolute Gasteiger partial charge is 0.177 e. The van der Waals surface area contributed by atoms with Crippen molar-refractivity contribution < 1.29 is 4.79 Å². The number of nitrogens with zero attached hydrogens (tertiary/aromatic N) is 2. The van der Waals surface area contributed by atoms with Crippen LogP contribution in [-0.4, -0.2) is 42.4 Å². The Balaban J connectivity index is 1.77. The van der Waals surface area contributed by atoms with Gasteiger partial charge in [0.15, 0.2) is 12.5 Å². The summed E-state index contributed by atoms with van der Waals surface area (Å²) >= 11 is 3.42. The Bertz CT molecular complexity index is 510. The average molecular weight is 337 g/mol. The number of piperidine rings is 1. The molecule has 0 aromatic heterocycles. The molecule has 3 rings (SSSR count). The van der Waals surface area contributed by atoms with Crippen molar-refractivity contribution in [3.05, 3.63) is 34.3 Å². The minimum absolute atomic E-state index is 0.350. The highest BCUT2D eigenvalue weighted by molar-refractivity contribution is 9.10. The summed E-state index contributed by atoms with van der Waals surface area (Å²) in [5.41, 5.74) is 4.30. The third-order valence-corrected chi connectivity index (χ3v) is 4.25. The van der Waals surface area contributed by atoms with Gasteiger partial charge in [0.25, 0.3) is 0 Å². The van der Waals surface area contributed by atoms with Crippen molar-refractivity contribution in [2.24, 2.45) is 4.99 Å². The molecule has 2 aliphatic rings. The van der Waals surface area contributed by atoms with Crippen molar-refractivity contribution in [2.45, 2.75) is 25.0 Å². The van der Waals surface area contributed by atoms with Crippen molar-refractivity contribution in [3.8, 4) is 0 Å². The molecule has 5 nitrogen and oxygen atoms in total. The first-order valence-corrected chi connectivity index (χ1v) is 7.62. The van der Waals surface area contributed by atoms with Crippen molar-refractivity contribution >= 4 is 28.1 Å². The lowest BCUT2D eigenvalue weighted by molar-refractivity contribution is -0.113. The maximum atomic E-state index is 11.3. The van der Waals surface area contributed by atoms with Crippen LogP contribution in [0.25, 0.3) is 0 Å². The van der Waals surface area contributed by atoms with Gasteiger partial charge in [-0.15, -0.1) is 0 Å². The second-order valence-electron chi connectivity index (χ2n) is 5.03. The molecular weight excluding hydrogens is 320 g/mol. The molecule has 0 spiro atoms. The van der Waals surface area contributed by atoms with Gasteiger partial charge in [0.1, 0.15) is 5.84 Å². The number of benzene rings is 1. The summed E-state index contributed by atoms with van der Waals surface area (Å²) in [7, 11) is 0. The fourth-order valence-corrected chi connectivity index (χ4v) is 2.91. The molecule has 0 aliphatic carbocycles. The molecule has 2 aliphatic heterocycles. The SMILES string of the molecule is O=CC1N=C(c2ccc(Br)cc2)NN1C1CCNCC1.